The number of piperidine rings is 1. The van der Waals surface area contributed by atoms with Crippen LogP contribution in [0.15, 0.2) is 67.0 Å². The summed E-state index contributed by atoms with van der Waals surface area (Å²) in [4.78, 5) is 27.2. The molecule has 7 nitrogen and oxygen atoms in total. The average Bonchev–Trinajstić information content (AvgIpc) is 3.35. The summed E-state index contributed by atoms with van der Waals surface area (Å²) >= 11 is 0. The first-order valence-corrected chi connectivity index (χ1v) is 10.4. The zero-order valence-electron chi connectivity index (χ0n) is 17.5. The average molecular weight is 418 g/mol. The first kappa shape index (κ1) is 20.7. The van der Waals surface area contributed by atoms with Crippen molar-refractivity contribution in [1.82, 2.24) is 20.0 Å². The predicted molar refractivity (Wildman–Crippen MR) is 117 cm³/mol. The van der Waals surface area contributed by atoms with E-state index < -0.39 is 0 Å². The summed E-state index contributed by atoms with van der Waals surface area (Å²) in [5.74, 6) is 0.728. The van der Waals surface area contributed by atoms with Crippen molar-refractivity contribution in [3.8, 4) is 11.4 Å². The van der Waals surface area contributed by atoms with Crippen LogP contribution in [0.3, 0.4) is 0 Å². The van der Waals surface area contributed by atoms with Gasteiger partial charge in [-0.1, -0.05) is 18.2 Å². The minimum absolute atomic E-state index is 0.0635. The highest BCUT2D eigenvalue weighted by Crippen LogP contribution is 2.20. The van der Waals surface area contributed by atoms with Crippen molar-refractivity contribution in [2.24, 2.45) is 0 Å². The van der Waals surface area contributed by atoms with Gasteiger partial charge in [0.05, 0.1) is 19.2 Å². The molecule has 0 unspecified atom stereocenters. The number of benzene rings is 2. The summed E-state index contributed by atoms with van der Waals surface area (Å²) in [5, 5.41) is 7.29. The molecular weight excluding hydrogens is 392 g/mol. The van der Waals surface area contributed by atoms with Crippen LogP contribution in [0.2, 0.25) is 0 Å². The second-order valence-corrected chi connectivity index (χ2v) is 7.61. The Morgan fingerprint density at radius 1 is 1.06 bits per heavy atom. The van der Waals surface area contributed by atoms with Crippen molar-refractivity contribution in [1.29, 1.82) is 0 Å². The number of carbonyl (C=O) groups excluding carboxylic acids is 2. The molecule has 2 amide bonds. The van der Waals surface area contributed by atoms with Crippen molar-refractivity contribution in [3.63, 3.8) is 0 Å². The van der Waals surface area contributed by atoms with E-state index in [0.717, 1.165) is 29.8 Å². The first-order valence-electron chi connectivity index (χ1n) is 10.4. The minimum Gasteiger partial charge on any atom is -0.496 e. The largest absolute Gasteiger partial charge is 0.496 e. The highest BCUT2D eigenvalue weighted by Gasteiger charge is 2.24. The molecular formula is C24H26N4O3. The molecule has 1 fully saturated rings. The molecule has 3 aromatic rings. The Labute approximate surface area is 181 Å². The Kier molecular flexibility index (Phi) is 6.31. The van der Waals surface area contributed by atoms with Gasteiger partial charge in [0.2, 0.25) is 5.91 Å². The van der Waals surface area contributed by atoms with Gasteiger partial charge in [0.25, 0.3) is 5.91 Å². The molecule has 4 rings (SSSR count). The van der Waals surface area contributed by atoms with Crippen molar-refractivity contribution in [2.45, 2.75) is 25.3 Å². The van der Waals surface area contributed by atoms with E-state index in [2.05, 4.69) is 10.4 Å². The SMILES string of the molecule is COc1ccccc1CC(=O)N1CCC(NC(=O)c2ccc(-n3cccn3)cc2)CC1. The number of rotatable bonds is 6. The fourth-order valence-corrected chi connectivity index (χ4v) is 3.85. The molecule has 1 N–H and O–H groups in total. The molecule has 1 aromatic heterocycles. The molecule has 1 aliphatic rings. The summed E-state index contributed by atoms with van der Waals surface area (Å²) in [6.45, 7) is 1.27. The zero-order valence-corrected chi connectivity index (χ0v) is 17.5. The number of nitrogens with zero attached hydrogens (tertiary/aromatic N) is 3. The number of likely N-dealkylation sites (tertiary alicyclic amines) is 1. The lowest BCUT2D eigenvalue weighted by Gasteiger charge is -2.32. The van der Waals surface area contributed by atoms with E-state index in [1.165, 1.54) is 0 Å². The van der Waals surface area contributed by atoms with Crippen LogP contribution in [0.5, 0.6) is 5.75 Å². The van der Waals surface area contributed by atoms with E-state index in [0.29, 0.717) is 25.1 Å². The summed E-state index contributed by atoms with van der Waals surface area (Å²) in [6.07, 6.45) is 5.39. The molecule has 0 radical (unpaired) electrons. The Balaban J connectivity index is 1.28. The lowest BCUT2D eigenvalue weighted by atomic mass is 10.0. The number of hydrogen-bond donors (Lipinski definition) is 1. The predicted octanol–water partition coefficient (Wildman–Crippen LogP) is 2.84. The number of nitrogens with one attached hydrogen (secondary N) is 1. The number of aromatic nitrogens is 2. The third-order valence-electron chi connectivity index (χ3n) is 5.62. The highest BCUT2D eigenvalue weighted by molar-refractivity contribution is 5.94. The molecule has 2 heterocycles. The molecule has 31 heavy (non-hydrogen) atoms. The van der Waals surface area contributed by atoms with E-state index in [1.807, 2.05) is 53.6 Å². The van der Waals surface area contributed by atoms with Crippen LogP contribution >= 0.6 is 0 Å². The van der Waals surface area contributed by atoms with Gasteiger partial charge < -0.3 is 15.0 Å². The monoisotopic (exact) mass is 418 g/mol. The van der Waals surface area contributed by atoms with Crippen LogP contribution in [0.4, 0.5) is 0 Å². The van der Waals surface area contributed by atoms with Crippen molar-refractivity contribution in [3.05, 3.63) is 78.1 Å². The maximum Gasteiger partial charge on any atom is 0.251 e. The van der Waals surface area contributed by atoms with Crippen LogP contribution in [0.1, 0.15) is 28.8 Å². The minimum atomic E-state index is -0.0918. The van der Waals surface area contributed by atoms with Gasteiger partial charge in [-0.05, 0) is 49.2 Å². The normalized spacial score (nSPS) is 14.3. The van der Waals surface area contributed by atoms with Crippen LogP contribution in [-0.2, 0) is 11.2 Å². The number of ether oxygens (including phenoxy) is 1. The van der Waals surface area contributed by atoms with Crippen molar-refractivity contribution < 1.29 is 14.3 Å². The van der Waals surface area contributed by atoms with E-state index in [9.17, 15) is 9.59 Å². The van der Waals surface area contributed by atoms with Gasteiger partial charge in [0.1, 0.15) is 5.75 Å². The smallest absolute Gasteiger partial charge is 0.251 e. The zero-order chi connectivity index (χ0) is 21.6. The molecule has 1 saturated heterocycles. The Morgan fingerprint density at radius 2 is 1.81 bits per heavy atom. The second-order valence-electron chi connectivity index (χ2n) is 7.61. The van der Waals surface area contributed by atoms with Gasteiger partial charge in [0, 0.05) is 42.7 Å². The fraction of sp³-hybridized carbons (Fsp3) is 0.292. The topological polar surface area (TPSA) is 76.5 Å². The van der Waals surface area contributed by atoms with Crippen LogP contribution in [-0.4, -0.2) is 52.7 Å². The van der Waals surface area contributed by atoms with Crippen LogP contribution < -0.4 is 10.1 Å². The van der Waals surface area contributed by atoms with Crippen molar-refractivity contribution >= 4 is 11.8 Å². The van der Waals surface area contributed by atoms with Gasteiger partial charge in [-0.15, -0.1) is 0 Å². The van der Waals surface area contributed by atoms with Gasteiger partial charge in [0.15, 0.2) is 0 Å². The maximum absolute atomic E-state index is 12.7. The maximum atomic E-state index is 12.7. The number of hydrogen-bond acceptors (Lipinski definition) is 4. The summed E-state index contributed by atoms with van der Waals surface area (Å²) in [7, 11) is 1.61. The molecule has 0 saturated carbocycles. The molecule has 0 spiro atoms. The standard InChI is InChI=1S/C24H26N4O3/c1-31-22-6-3-2-5-19(22)17-23(29)27-15-11-20(12-16-27)26-24(30)18-7-9-21(10-8-18)28-14-4-13-25-28/h2-10,13-14,20H,11-12,15-17H2,1H3,(H,26,30). The quantitative estimate of drug-likeness (QED) is 0.668. The van der Waals surface area contributed by atoms with Gasteiger partial charge in [-0.2, -0.15) is 5.10 Å². The number of methoxy groups -OCH3 is 1. The lowest BCUT2D eigenvalue weighted by Crippen LogP contribution is -2.47. The highest BCUT2D eigenvalue weighted by atomic mass is 16.5. The molecule has 0 atom stereocenters. The molecule has 0 aliphatic carbocycles. The third kappa shape index (κ3) is 4.94. The van der Waals surface area contributed by atoms with Crippen LogP contribution in [0, 0.1) is 0 Å². The van der Waals surface area contributed by atoms with Crippen molar-refractivity contribution in [2.75, 3.05) is 20.2 Å². The first-order chi connectivity index (χ1) is 15.1. The Morgan fingerprint density at radius 3 is 2.48 bits per heavy atom. The van der Waals surface area contributed by atoms with E-state index in [1.54, 1.807) is 30.1 Å². The molecule has 0 bridgehead atoms. The van der Waals surface area contributed by atoms with Crippen LogP contribution in [0.25, 0.3) is 5.69 Å². The van der Waals surface area contributed by atoms with Gasteiger partial charge in [-0.25, -0.2) is 4.68 Å². The Hall–Kier alpha value is -3.61. The fourth-order valence-electron chi connectivity index (χ4n) is 3.85. The number of para-hydroxylation sites is 1. The molecule has 2 aromatic carbocycles. The Bertz CT molecular complexity index is 1020. The number of amides is 2. The lowest BCUT2D eigenvalue weighted by molar-refractivity contribution is -0.131. The number of carbonyl (C=O) groups is 2. The third-order valence-corrected chi connectivity index (χ3v) is 5.62. The molecule has 1 aliphatic heterocycles. The summed E-state index contributed by atoms with van der Waals surface area (Å²) < 4.78 is 7.09. The van der Waals surface area contributed by atoms with Gasteiger partial charge in [-0.3, -0.25) is 9.59 Å². The summed E-state index contributed by atoms with van der Waals surface area (Å²) in [6, 6.07) is 16.9. The molecule has 160 valence electrons. The molecule has 7 heteroatoms. The van der Waals surface area contributed by atoms with E-state index >= 15 is 0 Å². The second kappa shape index (κ2) is 9.47. The summed E-state index contributed by atoms with van der Waals surface area (Å²) in [5.41, 5.74) is 2.41. The van der Waals surface area contributed by atoms with Gasteiger partial charge >= 0.3 is 0 Å². The van der Waals surface area contributed by atoms with E-state index in [-0.39, 0.29) is 17.9 Å². The van der Waals surface area contributed by atoms with E-state index in [4.69, 9.17) is 4.74 Å².